The van der Waals surface area contributed by atoms with Gasteiger partial charge < -0.3 is 13.9 Å². The van der Waals surface area contributed by atoms with E-state index in [0.29, 0.717) is 29.5 Å². The third-order valence-corrected chi connectivity index (χ3v) is 6.72. The molecule has 8 heteroatoms. The number of pyridine rings is 1. The highest BCUT2D eigenvalue weighted by Crippen LogP contribution is 2.43. The molecule has 39 heavy (non-hydrogen) atoms. The molecule has 0 aliphatic carbocycles. The molecular weight excluding hydrogens is 499 g/mol. The number of carbonyl (C=O) groups is 1. The Balaban J connectivity index is 1.50. The lowest BCUT2D eigenvalue weighted by Gasteiger charge is -2.25. The minimum atomic E-state index is -0.886. The zero-order valence-electron chi connectivity index (χ0n) is 21.2. The molecule has 1 unspecified atom stereocenters. The van der Waals surface area contributed by atoms with Gasteiger partial charge in [0.25, 0.3) is 5.91 Å². The van der Waals surface area contributed by atoms with Crippen molar-refractivity contribution in [2.45, 2.75) is 19.6 Å². The van der Waals surface area contributed by atoms with Gasteiger partial charge in [-0.2, -0.15) is 0 Å². The fourth-order valence-corrected chi connectivity index (χ4v) is 4.86. The number of fused-ring (bicyclic) bond motifs is 2. The first kappa shape index (κ1) is 24.4. The SMILES string of the molecule is COc1cc(C2c3c(oc4ccc(F)cc4c3=O)C(=O)N2c2cc(C)ccn2)ccc1OCc1ccccc1. The van der Waals surface area contributed by atoms with Crippen LogP contribution in [-0.4, -0.2) is 18.0 Å². The summed E-state index contributed by atoms with van der Waals surface area (Å²) in [6.45, 7) is 2.22. The quantitative estimate of drug-likeness (QED) is 0.273. The fraction of sp³-hybridized carbons (Fsp3) is 0.129. The summed E-state index contributed by atoms with van der Waals surface area (Å²) in [5, 5.41) is 0.0559. The molecule has 1 aliphatic rings. The van der Waals surface area contributed by atoms with Crippen molar-refractivity contribution in [3.05, 3.63) is 129 Å². The number of aryl methyl sites for hydroxylation is 1. The average molecular weight is 523 g/mol. The highest BCUT2D eigenvalue weighted by molar-refractivity contribution is 6.10. The second kappa shape index (κ2) is 9.72. The van der Waals surface area contributed by atoms with Crippen molar-refractivity contribution >= 4 is 22.7 Å². The number of rotatable bonds is 6. The van der Waals surface area contributed by atoms with Crippen LogP contribution in [0.5, 0.6) is 11.5 Å². The summed E-state index contributed by atoms with van der Waals surface area (Å²) in [6, 6.07) is 21.3. The second-order valence-electron chi connectivity index (χ2n) is 9.27. The maximum Gasteiger partial charge on any atom is 0.296 e. The molecule has 6 rings (SSSR count). The van der Waals surface area contributed by atoms with Crippen molar-refractivity contribution in [3.63, 3.8) is 0 Å². The van der Waals surface area contributed by atoms with Crippen LogP contribution in [0, 0.1) is 12.7 Å². The van der Waals surface area contributed by atoms with Gasteiger partial charge in [0, 0.05) is 6.20 Å². The van der Waals surface area contributed by atoms with Gasteiger partial charge in [0.2, 0.25) is 5.76 Å². The van der Waals surface area contributed by atoms with Crippen LogP contribution in [0.1, 0.15) is 38.9 Å². The standard InChI is InChI=1S/C31H23FN2O5/c1-18-12-13-33-26(14-18)34-28(27-29(35)22-16-21(32)9-11-23(22)39-30(27)31(34)36)20-8-10-24(25(15-20)37-2)38-17-19-6-4-3-5-7-19/h3-16,28H,17H2,1-2H3. The van der Waals surface area contributed by atoms with Gasteiger partial charge in [-0.1, -0.05) is 36.4 Å². The van der Waals surface area contributed by atoms with Crippen LogP contribution in [0.15, 0.2) is 94.3 Å². The molecule has 0 spiro atoms. The van der Waals surface area contributed by atoms with E-state index in [2.05, 4.69) is 4.98 Å². The normalized spacial score (nSPS) is 14.5. The number of ether oxygens (including phenoxy) is 2. The molecule has 7 nitrogen and oxygen atoms in total. The fourth-order valence-electron chi connectivity index (χ4n) is 4.86. The summed E-state index contributed by atoms with van der Waals surface area (Å²) < 4.78 is 31.6. The highest BCUT2D eigenvalue weighted by Gasteiger charge is 2.44. The minimum Gasteiger partial charge on any atom is -0.493 e. The van der Waals surface area contributed by atoms with Crippen molar-refractivity contribution in [3.8, 4) is 11.5 Å². The lowest BCUT2D eigenvalue weighted by Crippen LogP contribution is -2.30. The second-order valence-corrected chi connectivity index (χ2v) is 9.27. The molecule has 0 radical (unpaired) electrons. The molecule has 1 amide bonds. The van der Waals surface area contributed by atoms with E-state index in [1.165, 1.54) is 24.1 Å². The van der Waals surface area contributed by atoms with E-state index < -0.39 is 23.2 Å². The van der Waals surface area contributed by atoms with E-state index in [0.717, 1.165) is 17.2 Å². The summed E-state index contributed by atoms with van der Waals surface area (Å²) >= 11 is 0. The summed E-state index contributed by atoms with van der Waals surface area (Å²) in [5.41, 5.74) is 2.22. The number of anilines is 1. The number of halogens is 1. The predicted octanol–water partition coefficient (Wildman–Crippen LogP) is 5.97. The van der Waals surface area contributed by atoms with Crippen LogP contribution in [0.25, 0.3) is 11.0 Å². The molecule has 0 saturated carbocycles. The number of benzene rings is 3. The number of carbonyl (C=O) groups excluding carboxylic acids is 1. The lowest BCUT2D eigenvalue weighted by molar-refractivity contribution is 0.0970. The van der Waals surface area contributed by atoms with Gasteiger partial charge in [-0.3, -0.25) is 14.5 Å². The maximum atomic E-state index is 14.1. The van der Waals surface area contributed by atoms with E-state index in [1.54, 1.807) is 30.5 Å². The Bertz CT molecular complexity index is 1780. The minimum absolute atomic E-state index is 0.0559. The third kappa shape index (κ3) is 4.29. The van der Waals surface area contributed by atoms with Crippen LogP contribution >= 0.6 is 0 Å². The Morgan fingerprint density at radius 3 is 2.56 bits per heavy atom. The largest absolute Gasteiger partial charge is 0.493 e. The number of methoxy groups -OCH3 is 1. The number of hydrogen-bond donors (Lipinski definition) is 0. The Labute approximate surface area is 223 Å². The monoisotopic (exact) mass is 522 g/mol. The van der Waals surface area contributed by atoms with Gasteiger partial charge in [0.1, 0.15) is 23.8 Å². The summed E-state index contributed by atoms with van der Waals surface area (Å²) in [5.74, 6) is 0.0969. The molecule has 5 aromatic rings. The van der Waals surface area contributed by atoms with Gasteiger partial charge in [-0.25, -0.2) is 9.37 Å². The van der Waals surface area contributed by atoms with Crippen LogP contribution in [-0.2, 0) is 6.61 Å². The molecule has 2 aromatic heterocycles. The average Bonchev–Trinajstić information content (AvgIpc) is 3.25. The Hall–Kier alpha value is -4.98. The molecule has 194 valence electrons. The molecule has 0 saturated heterocycles. The number of aromatic nitrogens is 1. The molecule has 1 atom stereocenters. The number of amides is 1. The zero-order chi connectivity index (χ0) is 27.1. The molecular formula is C31H23FN2O5. The first-order valence-corrected chi connectivity index (χ1v) is 12.3. The van der Waals surface area contributed by atoms with E-state index >= 15 is 0 Å². The van der Waals surface area contributed by atoms with Gasteiger partial charge in [-0.15, -0.1) is 0 Å². The smallest absolute Gasteiger partial charge is 0.296 e. The Kier molecular flexibility index (Phi) is 6.07. The van der Waals surface area contributed by atoms with Crippen molar-refractivity contribution in [1.29, 1.82) is 0 Å². The zero-order valence-corrected chi connectivity index (χ0v) is 21.2. The van der Waals surface area contributed by atoms with Gasteiger partial charge in [0.05, 0.1) is 24.1 Å². The van der Waals surface area contributed by atoms with Crippen LogP contribution in [0.4, 0.5) is 10.2 Å². The first-order chi connectivity index (χ1) is 18.9. The van der Waals surface area contributed by atoms with E-state index in [9.17, 15) is 14.0 Å². The number of hydrogen-bond acceptors (Lipinski definition) is 6. The molecule has 3 heterocycles. The van der Waals surface area contributed by atoms with Crippen molar-refractivity contribution in [2.24, 2.45) is 0 Å². The van der Waals surface area contributed by atoms with Crippen LogP contribution in [0.3, 0.4) is 0 Å². The van der Waals surface area contributed by atoms with E-state index in [4.69, 9.17) is 13.9 Å². The summed E-state index contributed by atoms with van der Waals surface area (Å²) in [7, 11) is 1.52. The van der Waals surface area contributed by atoms with Crippen molar-refractivity contribution < 1.29 is 23.1 Å². The molecule has 0 fully saturated rings. The van der Waals surface area contributed by atoms with Crippen molar-refractivity contribution in [2.75, 3.05) is 12.0 Å². The Morgan fingerprint density at radius 2 is 1.79 bits per heavy atom. The van der Waals surface area contributed by atoms with Crippen molar-refractivity contribution in [1.82, 2.24) is 4.98 Å². The lowest BCUT2D eigenvalue weighted by atomic mass is 9.98. The summed E-state index contributed by atoms with van der Waals surface area (Å²) in [4.78, 5) is 33.3. The number of nitrogens with zero attached hydrogens (tertiary/aromatic N) is 2. The van der Waals surface area contributed by atoms with Gasteiger partial charge >= 0.3 is 0 Å². The van der Waals surface area contributed by atoms with Crippen LogP contribution < -0.4 is 19.8 Å². The predicted molar refractivity (Wildman–Crippen MR) is 144 cm³/mol. The summed E-state index contributed by atoms with van der Waals surface area (Å²) in [6.07, 6.45) is 1.60. The topological polar surface area (TPSA) is 81.9 Å². The highest BCUT2D eigenvalue weighted by atomic mass is 19.1. The third-order valence-electron chi connectivity index (χ3n) is 6.72. The maximum absolute atomic E-state index is 14.1. The van der Waals surface area contributed by atoms with E-state index in [1.807, 2.05) is 43.3 Å². The molecule has 0 bridgehead atoms. The molecule has 1 aliphatic heterocycles. The molecule has 0 N–H and O–H groups in total. The first-order valence-electron chi connectivity index (χ1n) is 12.3. The Morgan fingerprint density at radius 1 is 0.974 bits per heavy atom. The molecule has 3 aromatic carbocycles. The van der Waals surface area contributed by atoms with Crippen LogP contribution in [0.2, 0.25) is 0 Å². The van der Waals surface area contributed by atoms with Gasteiger partial charge in [-0.05, 0) is 66.1 Å². The van der Waals surface area contributed by atoms with Gasteiger partial charge in [0.15, 0.2) is 16.9 Å². The van der Waals surface area contributed by atoms with E-state index in [-0.39, 0.29) is 22.3 Å².